The summed E-state index contributed by atoms with van der Waals surface area (Å²) >= 11 is 0. The number of aliphatic hydroxyl groups excluding tert-OH is 2. The number of ether oxygens (including phenoxy) is 3. The standard InChI is InChI=1S/C27H27NO7/c1-33-24-11-16(14-29)21(12-25(24)34-2)26(31)23(30)13-28-27(32)35-15-22-19-9-5-3-7-17(19)18-8-4-6-10-20(18)22/h3-12,14,22-23,26,30-31H,13,15H2,1-2H3,(H,28,32). The molecule has 0 saturated carbocycles. The van der Waals surface area contributed by atoms with Crippen molar-refractivity contribution in [2.75, 3.05) is 27.4 Å². The predicted molar refractivity (Wildman–Crippen MR) is 129 cm³/mol. The van der Waals surface area contributed by atoms with Crippen LogP contribution in [0.4, 0.5) is 4.79 Å². The van der Waals surface area contributed by atoms with Gasteiger partial charge in [0, 0.05) is 18.0 Å². The number of carbonyl (C=O) groups is 2. The Morgan fingerprint density at radius 3 is 2.11 bits per heavy atom. The van der Waals surface area contributed by atoms with E-state index < -0.39 is 18.3 Å². The Kier molecular flexibility index (Phi) is 7.33. The van der Waals surface area contributed by atoms with Crippen molar-refractivity contribution in [1.29, 1.82) is 0 Å². The highest BCUT2D eigenvalue weighted by molar-refractivity contribution is 5.80. The van der Waals surface area contributed by atoms with Crippen molar-refractivity contribution in [2.45, 2.75) is 18.1 Å². The molecule has 1 aliphatic carbocycles. The van der Waals surface area contributed by atoms with E-state index in [1.54, 1.807) is 0 Å². The Labute approximate surface area is 203 Å². The zero-order chi connectivity index (χ0) is 24.9. The lowest BCUT2D eigenvalue weighted by Crippen LogP contribution is -2.36. The molecule has 0 aromatic heterocycles. The summed E-state index contributed by atoms with van der Waals surface area (Å²) in [5, 5.41) is 23.6. The second kappa shape index (κ2) is 10.6. The number of nitrogens with one attached hydrogen (secondary N) is 1. The van der Waals surface area contributed by atoms with Crippen molar-refractivity contribution in [3.05, 3.63) is 82.9 Å². The highest BCUT2D eigenvalue weighted by Crippen LogP contribution is 2.44. The predicted octanol–water partition coefficient (Wildman–Crippen LogP) is 3.45. The molecule has 4 rings (SSSR count). The Balaban J connectivity index is 1.38. The molecule has 0 aliphatic heterocycles. The normalized spacial score (nSPS) is 13.8. The minimum atomic E-state index is -1.45. The van der Waals surface area contributed by atoms with E-state index in [-0.39, 0.29) is 30.2 Å². The molecule has 1 aliphatic rings. The Hall–Kier alpha value is -3.88. The van der Waals surface area contributed by atoms with E-state index in [0.717, 1.165) is 22.3 Å². The first-order chi connectivity index (χ1) is 17.0. The van der Waals surface area contributed by atoms with Gasteiger partial charge in [-0.15, -0.1) is 0 Å². The van der Waals surface area contributed by atoms with E-state index in [9.17, 15) is 19.8 Å². The van der Waals surface area contributed by atoms with Gasteiger partial charge >= 0.3 is 6.09 Å². The van der Waals surface area contributed by atoms with Gasteiger partial charge in [0.05, 0.1) is 14.2 Å². The molecular weight excluding hydrogens is 450 g/mol. The van der Waals surface area contributed by atoms with E-state index in [0.29, 0.717) is 17.8 Å². The molecule has 3 aromatic rings. The number of aliphatic hydroxyl groups is 2. The second-order valence-electron chi connectivity index (χ2n) is 8.17. The first-order valence-electron chi connectivity index (χ1n) is 11.1. The maximum Gasteiger partial charge on any atom is 0.407 e. The van der Waals surface area contributed by atoms with Crippen LogP contribution in [0.2, 0.25) is 0 Å². The van der Waals surface area contributed by atoms with Gasteiger partial charge in [-0.05, 0) is 39.9 Å². The zero-order valence-electron chi connectivity index (χ0n) is 19.4. The summed E-state index contributed by atoms with van der Waals surface area (Å²) in [4.78, 5) is 23.9. The van der Waals surface area contributed by atoms with Gasteiger partial charge < -0.3 is 29.7 Å². The molecule has 0 spiro atoms. The van der Waals surface area contributed by atoms with Crippen LogP contribution in [-0.2, 0) is 4.74 Å². The van der Waals surface area contributed by atoms with E-state index in [1.807, 2.05) is 48.5 Å². The summed E-state index contributed by atoms with van der Waals surface area (Å²) in [7, 11) is 2.85. The summed E-state index contributed by atoms with van der Waals surface area (Å²) in [6.07, 6.45) is -3.02. The monoisotopic (exact) mass is 477 g/mol. The van der Waals surface area contributed by atoms with E-state index >= 15 is 0 Å². The van der Waals surface area contributed by atoms with Gasteiger partial charge in [0.25, 0.3) is 0 Å². The smallest absolute Gasteiger partial charge is 0.407 e. The van der Waals surface area contributed by atoms with Crippen LogP contribution in [0, 0.1) is 0 Å². The molecule has 2 atom stereocenters. The van der Waals surface area contributed by atoms with Gasteiger partial charge in [-0.2, -0.15) is 0 Å². The van der Waals surface area contributed by atoms with Crippen LogP contribution in [0.1, 0.15) is 39.1 Å². The highest BCUT2D eigenvalue weighted by Gasteiger charge is 2.29. The van der Waals surface area contributed by atoms with Gasteiger partial charge in [0.2, 0.25) is 0 Å². The average molecular weight is 478 g/mol. The summed E-state index contributed by atoms with van der Waals surface area (Å²) in [5.41, 5.74) is 4.71. The molecule has 8 heteroatoms. The average Bonchev–Trinajstić information content (AvgIpc) is 3.22. The summed E-state index contributed by atoms with van der Waals surface area (Å²) in [5.74, 6) is 0.520. The fourth-order valence-electron chi connectivity index (χ4n) is 4.42. The number of aldehydes is 1. The number of methoxy groups -OCH3 is 2. The van der Waals surface area contributed by atoms with Crippen molar-refractivity contribution in [3.8, 4) is 22.6 Å². The largest absolute Gasteiger partial charge is 0.493 e. The van der Waals surface area contributed by atoms with Gasteiger partial charge in [-0.1, -0.05) is 48.5 Å². The lowest BCUT2D eigenvalue weighted by atomic mass is 9.98. The molecule has 0 saturated heterocycles. The third kappa shape index (κ3) is 4.84. The third-order valence-corrected chi connectivity index (χ3v) is 6.20. The van der Waals surface area contributed by atoms with Crippen molar-refractivity contribution in [3.63, 3.8) is 0 Å². The minimum absolute atomic E-state index is 0.0921. The molecule has 182 valence electrons. The van der Waals surface area contributed by atoms with Crippen LogP contribution in [-0.4, -0.2) is 56.1 Å². The highest BCUT2D eigenvalue weighted by atomic mass is 16.5. The summed E-state index contributed by atoms with van der Waals surface area (Å²) in [6.45, 7) is -0.159. The van der Waals surface area contributed by atoms with Crippen LogP contribution in [0.25, 0.3) is 11.1 Å². The molecule has 35 heavy (non-hydrogen) atoms. The number of hydrogen-bond donors (Lipinski definition) is 3. The molecule has 0 radical (unpaired) electrons. The third-order valence-electron chi connectivity index (χ3n) is 6.20. The number of rotatable bonds is 9. The lowest BCUT2D eigenvalue weighted by Gasteiger charge is -2.21. The molecular formula is C27H27NO7. The Morgan fingerprint density at radius 1 is 0.971 bits per heavy atom. The van der Waals surface area contributed by atoms with Gasteiger partial charge in [0.1, 0.15) is 18.8 Å². The minimum Gasteiger partial charge on any atom is -0.493 e. The number of fused-ring (bicyclic) bond motifs is 3. The molecule has 3 aromatic carbocycles. The van der Waals surface area contributed by atoms with Crippen LogP contribution < -0.4 is 14.8 Å². The number of alkyl carbamates (subject to hydrolysis) is 1. The van der Waals surface area contributed by atoms with Crippen LogP contribution in [0.15, 0.2) is 60.7 Å². The zero-order valence-corrected chi connectivity index (χ0v) is 19.4. The molecule has 0 heterocycles. The van der Waals surface area contributed by atoms with Gasteiger partial charge in [0.15, 0.2) is 17.8 Å². The quantitative estimate of drug-likeness (QED) is 0.405. The number of hydrogen-bond acceptors (Lipinski definition) is 7. The van der Waals surface area contributed by atoms with E-state index in [1.165, 1.54) is 26.4 Å². The molecule has 8 nitrogen and oxygen atoms in total. The van der Waals surface area contributed by atoms with Crippen LogP contribution in [0.3, 0.4) is 0 Å². The van der Waals surface area contributed by atoms with Crippen molar-refractivity contribution in [2.24, 2.45) is 0 Å². The van der Waals surface area contributed by atoms with Crippen LogP contribution >= 0.6 is 0 Å². The topological polar surface area (TPSA) is 114 Å². The SMILES string of the molecule is COc1cc(C=O)c(C(O)C(O)CNC(=O)OCC2c3ccccc3-c3ccccc32)cc1OC. The van der Waals surface area contributed by atoms with Crippen molar-refractivity contribution >= 4 is 12.4 Å². The molecule has 2 unspecified atom stereocenters. The van der Waals surface area contributed by atoms with Gasteiger partial charge in [-0.25, -0.2) is 4.79 Å². The van der Waals surface area contributed by atoms with Crippen molar-refractivity contribution < 1.29 is 34.0 Å². The fraction of sp³-hybridized carbons (Fsp3) is 0.259. The fourth-order valence-corrected chi connectivity index (χ4v) is 4.42. The van der Waals surface area contributed by atoms with Gasteiger partial charge in [-0.3, -0.25) is 4.79 Å². The molecule has 0 bridgehead atoms. The second-order valence-corrected chi connectivity index (χ2v) is 8.17. The maximum atomic E-state index is 12.4. The maximum absolute atomic E-state index is 12.4. The summed E-state index contributed by atoms with van der Waals surface area (Å²) < 4.78 is 15.8. The lowest BCUT2D eigenvalue weighted by molar-refractivity contribution is 0.0180. The first-order valence-corrected chi connectivity index (χ1v) is 11.1. The Bertz CT molecular complexity index is 1180. The number of carbonyl (C=O) groups excluding carboxylic acids is 2. The number of benzene rings is 3. The Morgan fingerprint density at radius 2 is 1.54 bits per heavy atom. The first kappa shape index (κ1) is 24.3. The molecule has 3 N–H and O–H groups in total. The molecule has 0 fully saturated rings. The molecule has 1 amide bonds. The van der Waals surface area contributed by atoms with E-state index in [2.05, 4.69) is 5.32 Å². The van der Waals surface area contributed by atoms with E-state index in [4.69, 9.17) is 14.2 Å². The van der Waals surface area contributed by atoms with Crippen molar-refractivity contribution in [1.82, 2.24) is 5.32 Å². The van der Waals surface area contributed by atoms with Crippen LogP contribution in [0.5, 0.6) is 11.5 Å². The number of amides is 1. The summed E-state index contributed by atoms with van der Waals surface area (Å²) in [6, 6.07) is 18.8.